The normalized spacial score (nSPS) is 24.9. The third-order valence-corrected chi connectivity index (χ3v) is 4.46. The fourth-order valence-electron chi connectivity index (χ4n) is 3.24. The van der Waals surface area contributed by atoms with Crippen LogP contribution in [0.15, 0.2) is 18.2 Å². The Morgan fingerprint density at radius 1 is 1.45 bits per heavy atom. The zero-order valence-corrected chi connectivity index (χ0v) is 14.1. The van der Waals surface area contributed by atoms with Crippen LogP contribution >= 0.6 is 36.2 Å². The molecule has 0 aliphatic carbocycles. The lowest BCUT2D eigenvalue weighted by Crippen LogP contribution is -2.43. The second-order valence-corrected chi connectivity index (χ2v) is 6.61. The Bertz CT molecular complexity index is 535. The van der Waals surface area contributed by atoms with Crippen LogP contribution in [0.3, 0.4) is 0 Å². The molecule has 0 bridgehead atoms. The molecule has 1 fully saturated rings. The van der Waals surface area contributed by atoms with E-state index in [9.17, 15) is 0 Å². The first-order chi connectivity index (χ1) is 9.03. The summed E-state index contributed by atoms with van der Waals surface area (Å²) in [4.78, 5) is 2.43. The molecule has 1 saturated heterocycles. The lowest BCUT2D eigenvalue weighted by molar-refractivity contribution is -0.0661. The van der Waals surface area contributed by atoms with E-state index in [4.69, 9.17) is 28.6 Å². The van der Waals surface area contributed by atoms with Crippen molar-refractivity contribution in [2.45, 2.75) is 32.4 Å². The molecule has 1 aromatic rings. The molecule has 2 aliphatic rings. The summed E-state index contributed by atoms with van der Waals surface area (Å²) in [6.07, 6.45) is 2.16. The second-order valence-electron chi connectivity index (χ2n) is 5.81. The molecule has 3 rings (SSSR count). The number of hydrogen-bond acceptors (Lipinski definition) is 3. The van der Waals surface area contributed by atoms with Crippen molar-refractivity contribution in [1.82, 2.24) is 4.90 Å². The Balaban J connectivity index is 0.00000147. The van der Waals surface area contributed by atoms with Gasteiger partial charge in [0, 0.05) is 35.7 Å². The summed E-state index contributed by atoms with van der Waals surface area (Å²) >= 11 is 11.5. The van der Waals surface area contributed by atoms with Crippen LogP contribution in [0.1, 0.15) is 37.8 Å². The number of nitrogens with zero attached hydrogens (tertiary/aromatic N) is 1. The molecule has 1 aromatic carbocycles. The minimum absolute atomic E-state index is 0. The van der Waals surface area contributed by atoms with Gasteiger partial charge in [-0.15, -0.1) is 12.4 Å². The Hall–Kier alpha value is -0.350. The van der Waals surface area contributed by atoms with Gasteiger partial charge in [0.2, 0.25) is 0 Å². The van der Waals surface area contributed by atoms with E-state index in [0.717, 1.165) is 36.5 Å². The molecule has 1 atom stereocenters. The van der Waals surface area contributed by atoms with Gasteiger partial charge in [-0.2, -0.15) is 0 Å². The van der Waals surface area contributed by atoms with Crippen molar-refractivity contribution in [3.05, 3.63) is 34.3 Å². The van der Waals surface area contributed by atoms with Crippen LogP contribution < -0.4 is 0 Å². The van der Waals surface area contributed by atoms with Crippen molar-refractivity contribution >= 4 is 41.3 Å². The monoisotopic (exact) mass is 331 g/mol. The summed E-state index contributed by atoms with van der Waals surface area (Å²) in [7, 11) is 0. The maximum absolute atomic E-state index is 6.15. The van der Waals surface area contributed by atoms with Gasteiger partial charge in [-0.25, -0.2) is 0 Å². The highest BCUT2D eigenvalue weighted by molar-refractivity contribution is 7.80. The third kappa shape index (κ3) is 2.45. The summed E-state index contributed by atoms with van der Waals surface area (Å²) in [5.74, 6) is 0.614. The van der Waals surface area contributed by atoms with Crippen molar-refractivity contribution in [1.29, 1.82) is 0 Å². The number of ether oxygens (including phenoxy) is 1. The van der Waals surface area contributed by atoms with Crippen LogP contribution in [0.2, 0.25) is 5.02 Å². The summed E-state index contributed by atoms with van der Waals surface area (Å²) < 4.78 is 6.15. The average molecular weight is 332 g/mol. The molecule has 2 nitrogen and oxygen atoms in total. The van der Waals surface area contributed by atoms with Gasteiger partial charge < -0.3 is 4.74 Å². The van der Waals surface area contributed by atoms with E-state index in [1.807, 2.05) is 12.1 Å². The molecule has 2 aliphatic heterocycles. The largest absolute Gasteiger partial charge is 0.457 e. The highest BCUT2D eigenvalue weighted by Gasteiger charge is 2.51. The number of halogens is 2. The second kappa shape index (κ2) is 5.80. The van der Waals surface area contributed by atoms with Gasteiger partial charge >= 0.3 is 0 Å². The molecule has 0 N–H and O–H groups in total. The minimum Gasteiger partial charge on any atom is -0.457 e. The smallest absolute Gasteiger partial charge is 0.194 e. The number of thiocarbonyl (C=S) groups is 1. The lowest BCUT2D eigenvalue weighted by atomic mass is 9.97. The number of benzene rings is 1. The van der Waals surface area contributed by atoms with Crippen molar-refractivity contribution in [2.75, 3.05) is 13.1 Å². The molecular weight excluding hydrogens is 313 g/mol. The number of rotatable bonds is 2. The van der Waals surface area contributed by atoms with Crippen molar-refractivity contribution in [3.63, 3.8) is 0 Å². The molecule has 0 saturated carbocycles. The molecule has 5 heteroatoms. The zero-order valence-electron chi connectivity index (χ0n) is 11.7. The van der Waals surface area contributed by atoms with Gasteiger partial charge in [0.05, 0.1) is 0 Å². The van der Waals surface area contributed by atoms with E-state index in [-0.39, 0.29) is 18.1 Å². The minimum atomic E-state index is -0.332. The highest BCUT2D eigenvalue weighted by Crippen LogP contribution is 2.47. The number of hydrogen-bond donors (Lipinski definition) is 0. The summed E-state index contributed by atoms with van der Waals surface area (Å²) in [5, 5.41) is 1.31. The first-order valence-corrected chi connectivity index (χ1v) is 7.60. The van der Waals surface area contributed by atoms with Crippen LogP contribution in [0.25, 0.3) is 0 Å². The van der Waals surface area contributed by atoms with Gasteiger partial charge in [0.15, 0.2) is 10.8 Å². The maximum Gasteiger partial charge on any atom is 0.194 e. The van der Waals surface area contributed by atoms with E-state index in [0.29, 0.717) is 11.0 Å². The third-order valence-electron chi connectivity index (χ3n) is 3.92. The van der Waals surface area contributed by atoms with Crippen LogP contribution in [0, 0.1) is 5.92 Å². The van der Waals surface area contributed by atoms with Crippen molar-refractivity contribution in [3.8, 4) is 0 Å². The average Bonchev–Trinajstić information content (AvgIpc) is 2.83. The number of likely N-dealkylation sites (tertiary alicyclic amines) is 1. The van der Waals surface area contributed by atoms with Crippen molar-refractivity contribution < 1.29 is 4.74 Å². The predicted octanol–water partition coefficient (Wildman–Crippen LogP) is 4.37. The summed E-state index contributed by atoms with van der Waals surface area (Å²) in [5.41, 5.74) is 1.86. The maximum atomic E-state index is 6.15. The van der Waals surface area contributed by atoms with Gasteiger partial charge in [-0.3, -0.25) is 4.90 Å². The number of fused-ring (bicyclic) bond motifs is 2. The highest BCUT2D eigenvalue weighted by atomic mass is 35.5. The molecule has 2 heterocycles. The van der Waals surface area contributed by atoms with Crippen LogP contribution in [-0.2, 0) is 10.5 Å². The van der Waals surface area contributed by atoms with E-state index in [1.54, 1.807) is 0 Å². The molecule has 1 spiro atoms. The lowest BCUT2D eigenvalue weighted by Gasteiger charge is -2.35. The van der Waals surface area contributed by atoms with E-state index < -0.39 is 0 Å². The first kappa shape index (κ1) is 16.0. The fourth-order valence-corrected chi connectivity index (χ4v) is 3.72. The summed E-state index contributed by atoms with van der Waals surface area (Å²) in [6.45, 7) is 6.58. The van der Waals surface area contributed by atoms with Crippen LogP contribution in [0.4, 0.5) is 0 Å². The SMILES string of the molecule is CC(C)CN1CCCC12OC(=S)c1cc(Cl)ccc12.Cl. The Kier molecular flexibility index (Phi) is 4.65. The van der Waals surface area contributed by atoms with Gasteiger partial charge in [-0.05, 0) is 36.7 Å². The zero-order chi connectivity index (χ0) is 13.6. The van der Waals surface area contributed by atoms with E-state index in [1.165, 1.54) is 5.56 Å². The Morgan fingerprint density at radius 2 is 2.20 bits per heavy atom. The summed E-state index contributed by atoms with van der Waals surface area (Å²) in [6, 6.07) is 5.95. The Labute approximate surface area is 136 Å². The standard InChI is InChI=1S/C15H18ClNOS.ClH/c1-10(2)9-17-7-3-6-15(17)13-5-4-11(16)8-12(13)14(19)18-15;/h4-5,8,10H,3,6-7,9H2,1-2H3;1H. The van der Waals surface area contributed by atoms with E-state index >= 15 is 0 Å². The molecule has 1 unspecified atom stereocenters. The van der Waals surface area contributed by atoms with Gasteiger partial charge in [0.1, 0.15) is 0 Å². The van der Waals surface area contributed by atoms with Gasteiger partial charge in [-0.1, -0.05) is 31.5 Å². The fraction of sp³-hybridized carbons (Fsp3) is 0.533. The molecule has 0 radical (unpaired) electrons. The molecule has 0 amide bonds. The first-order valence-electron chi connectivity index (χ1n) is 6.81. The van der Waals surface area contributed by atoms with Crippen molar-refractivity contribution in [2.24, 2.45) is 5.92 Å². The molecule has 0 aromatic heterocycles. The van der Waals surface area contributed by atoms with Gasteiger partial charge in [0.25, 0.3) is 0 Å². The Morgan fingerprint density at radius 3 is 2.90 bits per heavy atom. The topological polar surface area (TPSA) is 12.5 Å². The predicted molar refractivity (Wildman–Crippen MR) is 88.8 cm³/mol. The molecule has 20 heavy (non-hydrogen) atoms. The van der Waals surface area contributed by atoms with E-state index in [2.05, 4.69) is 24.8 Å². The van der Waals surface area contributed by atoms with Crippen LogP contribution in [0.5, 0.6) is 0 Å². The van der Waals surface area contributed by atoms with Crippen LogP contribution in [-0.4, -0.2) is 23.0 Å². The molecular formula is C15H19Cl2NOS. The quantitative estimate of drug-likeness (QED) is 0.746. The molecule has 110 valence electrons.